The molecule has 0 amide bonds. The van der Waals surface area contributed by atoms with E-state index in [4.69, 9.17) is 10.5 Å². The van der Waals surface area contributed by atoms with E-state index >= 15 is 0 Å². The molecule has 0 aliphatic carbocycles. The largest absolute Gasteiger partial charge is 0.461 e. The summed E-state index contributed by atoms with van der Waals surface area (Å²) in [5.41, 5.74) is 6.36. The zero-order valence-corrected chi connectivity index (χ0v) is 11.2. The van der Waals surface area contributed by atoms with Crippen molar-refractivity contribution >= 4 is 5.97 Å². The summed E-state index contributed by atoms with van der Waals surface area (Å²) in [5, 5.41) is 6.34. The first-order valence-corrected chi connectivity index (χ1v) is 6.64. The van der Waals surface area contributed by atoms with Crippen LogP contribution < -0.4 is 16.4 Å². The normalized spacial score (nSPS) is 10.4. The maximum absolute atomic E-state index is 11.5. The maximum atomic E-state index is 11.5. The maximum Gasteiger partial charge on any atom is 0.307 e. The lowest BCUT2D eigenvalue weighted by atomic mass is 10.2. The van der Waals surface area contributed by atoms with Gasteiger partial charge in [0.15, 0.2) is 0 Å². The molecule has 0 bridgehead atoms. The molecule has 0 aliphatic rings. The quantitative estimate of drug-likeness (QED) is 0.418. The van der Waals surface area contributed by atoms with Crippen molar-refractivity contribution in [3.8, 4) is 0 Å². The van der Waals surface area contributed by atoms with Gasteiger partial charge in [-0.2, -0.15) is 0 Å². The molecule has 0 atom stereocenters. The zero-order chi connectivity index (χ0) is 13.8. The van der Waals surface area contributed by atoms with Crippen molar-refractivity contribution in [2.24, 2.45) is 5.73 Å². The predicted molar refractivity (Wildman–Crippen MR) is 75.6 cm³/mol. The molecule has 0 saturated carbocycles. The average molecular weight is 265 g/mol. The number of nitrogens with two attached hydrogens (primary N) is 1. The van der Waals surface area contributed by atoms with Crippen molar-refractivity contribution in [2.75, 3.05) is 32.7 Å². The molecule has 5 nitrogen and oxygen atoms in total. The van der Waals surface area contributed by atoms with Crippen molar-refractivity contribution in [1.82, 2.24) is 10.6 Å². The van der Waals surface area contributed by atoms with Crippen molar-refractivity contribution in [3.63, 3.8) is 0 Å². The summed E-state index contributed by atoms with van der Waals surface area (Å²) in [6.07, 6.45) is 0.393. The van der Waals surface area contributed by atoms with Gasteiger partial charge in [-0.25, -0.2) is 0 Å². The average Bonchev–Trinajstić information content (AvgIpc) is 2.45. The van der Waals surface area contributed by atoms with Crippen LogP contribution >= 0.6 is 0 Å². The topological polar surface area (TPSA) is 76.4 Å². The minimum absolute atomic E-state index is 0.175. The number of ether oxygens (including phenoxy) is 1. The Balaban J connectivity index is 1.96. The molecule has 0 radical (unpaired) electrons. The molecular weight excluding hydrogens is 242 g/mol. The van der Waals surface area contributed by atoms with Crippen LogP contribution in [0.2, 0.25) is 0 Å². The SMILES string of the molecule is NCCNCCNCCC(=O)OCc1ccccc1. The van der Waals surface area contributed by atoms with Crippen LogP contribution in [0.3, 0.4) is 0 Å². The van der Waals surface area contributed by atoms with Crippen LogP contribution in [0.4, 0.5) is 0 Å². The van der Waals surface area contributed by atoms with Crippen LogP contribution in [0.1, 0.15) is 12.0 Å². The molecule has 0 heterocycles. The highest BCUT2D eigenvalue weighted by Gasteiger charge is 2.02. The lowest BCUT2D eigenvalue weighted by Gasteiger charge is -2.06. The van der Waals surface area contributed by atoms with Gasteiger partial charge in [0, 0.05) is 32.7 Å². The summed E-state index contributed by atoms with van der Waals surface area (Å²) < 4.78 is 5.16. The van der Waals surface area contributed by atoms with Gasteiger partial charge in [0.1, 0.15) is 6.61 Å². The predicted octanol–water partition coefficient (Wildman–Crippen LogP) is 0.258. The Bertz CT molecular complexity index is 344. The highest BCUT2D eigenvalue weighted by atomic mass is 16.5. The van der Waals surface area contributed by atoms with Gasteiger partial charge in [-0.15, -0.1) is 0 Å². The lowest BCUT2D eigenvalue weighted by molar-refractivity contribution is -0.144. The summed E-state index contributed by atoms with van der Waals surface area (Å²) in [5.74, 6) is -0.175. The number of hydrogen-bond donors (Lipinski definition) is 3. The Morgan fingerprint density at radius 3 is 2.42 bits per heavy atom. The second-order valence-corrected chi connectivity index (χ2v) is 4.18. The molecule has 19 heavy (non-hydrogen) atoms. The molecule has 5 heteroatoms. The molecule has 0 aliphatic heterocycles. The standard InChI is InChI=1S/C14H23N3O2/c15-7-9-17-11-10-16-8-6-14(18)19-12-13-4-2-1-3-5-13/h1-5,16-17H,6-12,15H2. The molecule has 1 aromatic rings. The smallest absolute Gasteiger partial charge is 0.307 e. The number of benzene rings is 1. The molecule has 0 unspecified atom stereocenters. The third-order valence-electron chi connectivity index (χ3n) is 2.55. The van der Waals surface area contributed by atoms with E-state index in [-0.39, 0.29) is 5.97 Å². The van der Waals surface area contributed by atoms with Crippen molar-refractivity contribution in [3.05, 3.63) is 35.9 Å². The Labute approximate surface area is 114 Å². The van der Waals surface area contributed by atoms with Gasteiger partial charge in [-0.1, -0.05) is 30.3 Å². The number of carbonyl (C=O) groups is 1. The van der Waals surface area contributed by atoms with E-state index in [9.17, 15) is 4.79 Å². The molecule has 106 valence electrons. The molecular formula is C14H23N3O2. The first-order chi connectivity index (χ1) is 9.33. The second-order valence-electron chi connectivity index (χ2n) is 4.18. The second kappa shape index (κ2) is 10.5. The van der Waals surface area contributed by atoms with Crippen LogP contribution in [-0.4, -0.2) is 38.7 Å². The van der Waals surface area contributed by atoms with E-state index in [0.29, 0.717) is 26.1 Å². The van der Waals surface area contributed by atoms with E-state index in [1.807, 2.05) is 30.3 Å². The molecule has 0 aromatic heterocycles. The van der Waals surface area contributed by atoms with Gasteiger partial charge in [0.25, 0.3) is 0 Å². The fraction of sp³-hybridized carbons (Fsp3) is 0.500. The number of hydrogen-bond acceptors (Lipinski definition) is 5. The third kappa shape index (κ3) is 8.31. The van der Waals surface area contributed by atoms with Crippen LogP contribution in [0, 0.1) is 0 Å². The summed E-state index contributed by atoms with van der Waals surface area (Å²) in [6.45, 7) is 4.13. The minimum atomic E-state index is -0.175. The summed E-state index contributed by atoms with van der Waals surface area (Å²) in [4.78, 5) is 11.5. The Morgan fingerprint density at radius 2 is 1.74 bits per heavy atom. The summed E-state index contributed by atoms with van der Waals surface area (Å²) >= 11 is 0. The van der Waals surface area contributed by atoms with E-state index in [2.05, 4.69) is 10.6 Å². The van der Waals surface area contributed by atoms with Gasteiger partial charge < -0.3 is 21.1 Å². The van der Waals surface area contributed by atoms with Gasteiger partial charge in [0.05, 0.1) is 6.42 Å². The molecule has 0 saturated heterocycles. The first-order valence-electron chi connectivity index (χ1n) is 6.64. The van der Waals surface area contributed by atoms with Gasteiger partial charge in [0.2, 0.25) is 0 Å². The molecule has 0 fully saturated rings. The molecule has 0 spiro atoms. The van der Waals surface area contributed by atoms with E-state index in [0.717, 1.165) is 25.2 Å². The van der Waals surface area contributed by atoms with Crippen molar-refractivity contribution < 1.29 is 9.53 Å². The summed E-state index contributed by atoms with van der Waals surface area (Å²) in [7, 11) is 0. The summed E-state index contributed by atoms with van der Waals surface area (Å²) in [6, 6.07) is 9.68. The minimum Gasteiger partial charge on any atom is -0.461 e. The van der Waals surface area contributed by atoms with Gasteiger partial charge in [-0.3, -0.25) is 4.79 Å². The third-order valence-corrected chi connectivity index (χ3v) is 2.55. The van der Waals surface area contributed by atoms with Crippen molar-refractivity contribution in [1.29, 1.82) is 0 Å². The van der Waals surface area contributed by atoms with Crippen LogP contribution in [0.5, 0.6) is 0 Å². The van der Waals surface area contributed by atoms with E-state index in [1.165, 1.54) is 0 Å². The lowest BCUT2D eigenvalue weighted by Crippen LogP contribution is -2.31. The Morgan fingerprint density at radius 1 is 1.05 bits per heavy atom. The monoisotopic (exact) mass is 265 g/mol. The molecule has 1 rings (SSSR count). The Kier molecular flexibility index (Phi) is 8.63. The van der Waals surface area contributed by atoms with Gasteiger partial charge >= 0.3 is 5.97 Å². The first kappa shape index (κ1) is 15.6. The molecule has 4 N–H and O–H groups in total. The number of esters is 1. The fourth-order valence-electron chi connectivity index (χ4n) is 1.53. The highest BCUT2D eigenvalue weighted by Crippen LogP contribution is 2.01. The molecule has 1 aromatic carbocycles. The number of rotatable bonds is 10. The Hall–Kier alpha value is -1.43. The van der Waals surface area contributed by atoms with Crippen LogP contribution in [0.25, 0.3) is 0 Å². The number of nitrogens with one attached hydrogen (secondary N) is 2. The number of carbonyl (C=O) groups excluding carboxylic acids is 1. The fourth-order valence-corrected chi connectivity index (χ4v) is 1.53. The van der Waals surface area contributed by atoms with E-state index in [1.54, 1.807) is 0 Å². The highest BCUT2D eigenvalue weighted by molar-refractivity contribution is 5.69. The van der Waals surface area contributed by atoms with Gasteiger partial charge in [-0.05, 0) is 5.56 Å². The van der Waals surface area contributed by atoms with E-state index < -0.39 is 0 Å². The van der Waals surface area contributed by atoms with Crippen LogP contribution in [-0.2, 0) is 16.1 Å². The van der Waals surface area contributed by atoms with Crippen LogP contribution in [0.15, 0.2) is 30.3 Å². The van der Waals surface area contributed by atoms with Crippen molar-refractivity contribution in [2.45, 2.75) is 13.0 Å². The zero-order valence-electron chi connectivity index (χ0n) is 11.2.